The molecule has 0 spiro atoms. The van der Waals surface area contributed by atoms with Gasteiger partial charge in [0.05, 0.1) is 0 Å². The molecule has 0 atom stereocenters. The number of para-hydroxylation sites is 1. The second-order valence-electron chi connectivity index (χ2n) is 4.62. The van der Waals surface area contributed by atoms with Gasteiger partial charge in [-0.25, -0.2) is 4.79 Å². The Bertz CT molecular complexity index is 1130. The summed E-state index contributed by atoms with van der Waals surface area (Å²) in [6.07, 6.45) is 0. The van der Waals surface area contributed by atoms with Gasteiger partial charge in [0.1, 0.15) is 11.1 Å². The van der Waals surface area contributed by atoms with Crippen molar-refractivity contribution >= 4 is 45.9 Å². The first-order valence-corrected chi connectivity index (χ1v) is 8.27. The number of fused-ring (bicyclic) bond motifs is 1. The van der Waals surface area contributed by atoms with Crippen LogP contribution in [0.3, 0.4) is 0 Å². The summed E-state index contributed by atoms with van der Waals surface area (Å²) in [5, 5.41) is 8.63. The zero-order valence-corrected chi connectivity index (χ0v) is 14.3. The number of hydrogen-bond donors (Lipinski definition) is 0. The summed E-state index contributed by atoms with van der Waals surface area (Å²) in [5.41, 5.74) is 0.0507. The molecular weight excluding hydrogens is 389 g/mol. The molecule has 0 N–H and O–H groups in total. The van der Waals surface area contributed by atoms with Gasteiger partial charge in [0.25, 0.3) is 11.1 Å². The van der Waals surface area contributed by atoms with Gasteiger partial charge in [-0.3, -0.25) is 0 Å². The lowest BCUT2D eigenvalue weighted by atomic mass is 10.2. The molecule has 0 saturated heterocycles. The van der Waals surface area contributed by atoms with E-state index in [9.17, 15) is 4.79 Å². The predicted octanol–water partition coefficient (Wildman–Crippen LogP) is 3.49. The normalized spacial score (nSPS) is 11.1. The van der Waals surface area contributed by atoms with Crippen LogP contribution in [0.15, 0.2) is 54.3 Å². The Balaban J connectivity index is 1.69. The van der Waals surface area contributed by atoms with Crippen LogP contribution in [0.5, 0.6) is 0 Å². The fourth-order valence-electron chi connectivity index (χ4n) is 2.00. The lowest BCUT2D eigenvalue weighted by molar-refractivity contribution is 0.461. The van der Waals surface area contributed by atoms with Crippen molar-refractivity contribution in [3.05, 3.63) is 51.3 Å². The maximum Gasteiger partial charge on any atom is 0.349 e. The van der Waals surface area contributed by atoms with Gasteiger partial charge in [0.2, 0.25) is 15.7 Å². The molecule has 0 radical (unpaired) electrons. The van der Waals surface area contributed by atoms with Crippen LogP contribution in [0.25, 0.3) is 22.4 Å². The number of halogens is 2. The van der Waals surface area contributed by atoms with Crippen LogP contribution < -0.4 is 5.63 Å². The third-order valence-corrected chi connectivity index (χ3v) is 4.06. The van der Waals surface area contributed by atoms with E-state index in [1.54, 1.807) is 18.2 Å². The average Bonchev–Trinajstić information content (AvgIpc) is 3.01. The minimum absolute atomic E-state index is 0.0215. The van der Waals surface area contributed by atoms with Crippen LogP contribution in [0, 0.1) is 0 Å². The number of benzene rings is 1. The summed E-state index contributed by atoms with van der Waals surface area (Å²) in [4.78, 5) is 23.5. The summed E-state index contributed by atoms with van der Waals surface area (Å²) in [6, 6.07) is 8.74. The van der Waals surface area contributed by atoms with Gasteiger partial charge >= 0.3 is 5.63 Å². The number of aromatic nitrogens is 5. The minimum atomic E-state index is -0.579. The molecule has 124 valence electrons. The predicted molar refractivity (Wildman–Crippen MR) is 89.7 cm³/mol. The molecule has 8 nitrogen and oxygen atoms in total. The van der Waals surface area contributed by atoms with Crippen molar-refractivity contribution in [1.29, 1.82) is 0 Å². The Kier molecular flexibility index (Phi) is 4.12. The van der Waals surface area contributed by atoms with Crippen molar-refractivity contribution in [2.24, 2.45) is 0 Å². The number of rotatable bonds is 3. The van der Waals surface area contributed by atoms with Crippen molar-refractivity contribution in [1.82, 2.24) is 25.1 Å². The molecular formula is C14H5Cl2N5O3S. The molecule has 0 fully saturated rings. The highest BCUT2D eigenvalue weighted by Gasteiger charge is 2.17. The molecule has 0 aliphatic rings. The van der Waals surface area contributed by atoms with E-state index in [0.717, 1.165) is 17.1 Å². The molecule has 0 amide bonds. The van der Waals surface area contributed by atoms with Crippen LogP contribution in [0.2, 0.25) is 10.6 Å². The highest BCUT2D eigenvalue weighted by molar-refractivity contribution is 7.98. The first kappa shape index (κ1) is 16.0. The van der Waals surface area contributed by atoms with Crippen molar-refractivity contribution < 1.29 is 8.83 Å². The zero-order valence-electron chi connectivity index (χ0n) is 12.0. The van der Waals surface area contributed by atoms with Crippen molar-refractivity contribution in [2.45, 2.75) is 10.4 Å². The van der Waals surface area contributed by atoms with E-state index in [0.29, 0.717) is 5.58 Å². The Hall–Kier alpha value is -2.49. The third kappa shape index (κ3) is 3.34. The molecule has 0 aliphatic carbocycles. The van der Waals surface area contributed by atoms with Gasteiger partial charge in [-0.15, -0.1) is 10.2 Å². The fraction of sp³-hybridized carbons (Fsp3) is 0. The Morgan fingerprint density at radius 1 is 0.960 bits per heavy atom. The minimum Gasteiger partial charge on any atom is -0.422 e. The van der Waals surface area contributed by atoms with Crippen molar-refractivity contribution in [3.8, 4) is 11.5 Å². The monoisotopic (exact) mass is 393 g/mol. The smallest absolute Gasteiger partial charge is 0.349 e. The molecule has 0 aliphatic heterocycles. The Morgan fingerprint density at radius 3 is 2.52 bits per heavy atom. The maximum atomic E-state index is 12.1. The number of nitrogens with zero attached hydrogens (tertiary/aromatic N) is 5. The Labute approximate surface area is 153 Å². The quantitative estimate of drug-likeness (QED) is 0.483. The van der Waals surface area contributed by atoms with Gasteiger partial charge in [-0.05, 0) is 35.3 Å². The van der Waals surface area contributed by atoms with E-state index in [1.807, 2.05) is 12.1 Å². The van der Waals surface area contributed by atoms with Gasteiger partial charge in [-0.1, -0.05) is 18.2 Å². The third-order valence-electron chi connectivity index (χ3n) is 3.02. The summed E-state index contributed by atoms with van der Waals surface area (Å²) in [7, 11) is 0. The molecule has 4 rings (SSSR count). The van der Waals surface area contributed by atoms with Crippen molar-refractivity contribution in [2.75, 3.05) is 0 Å². The molecule has 0 unspecified atom stereocenters. The first-order chi connectivity index (χ1) is 12.1. The first-order valence-electron chi connectivity index (χ1n) is 6.70. The van der Waals surface area contributed by atoms with Gasteiger partial charge in [0, 0.05) is 17.1 Å². The van der Waals surface area contributed by atoms with Crippen LogP contribution in [-0.4, -0.2) is 25.1 Å². The Morgan fingerprint density at radius 2 is 1.72 bits per heavy atom. The zero-order chi connectivity index (χ0) is 17.4. The summed E-state index contributed by atoms with van der Waals surface area (Å²) < 4.78 is 10.7. The largest absolute Gasteiger partial charge is 0.422 e. The van der Waals surface area contributed by atoms with Gasteiger partial charge in [0.15, 0.2) is 0 Å². The van der Waals surface area contributed by atoms with E-state index in [2.05, 4.69) is 25.1 Å². The molecule has 3 heterocycles. The molecule has 25 heavy (non-hydrogen) atoms. The van der Waals surface area contributed by atoms with Crippen LogP contribution in [0.4, 0.5) is 0 Å². The van der Waals surface area contributed by atoms with Crippen molar-refractivity contribution in [3.63, 3.8) is 0 Å². The van der Waals surface area contributed by atoms with E-state index in [-0.39, 0.29) is 32.4 Å². The summed E-state index contributed by atoms with van der Waals surface area (Å²) in [6.45, 7) is 0. The molecule has 3 aromatic heterocycles. The van der Waals surface area contributed by atoms with E-state index in [4.69, 9.17) is 32.0 Å². The van der Waals surface area contributed by atoms with Crippen LogP contribution >= 0.6 is 35.0 Å². The average molecular weight is 394 g/mol. The second-order valence-corrected chi connectivity index (χ2v) is 6.21. The standard InChI is InChI=1S/C14H5Cl2N5O3S/c15-11-17-12(16)19-13(18-11)25-14-21-20-9(24-14)7-5-6-3-1-2-4-8(6)23-10(7)22/h1-5H. The molecule has 4 aromatic rings. The highest BCUT2D eigenvalue weighted by Crippen LogP contribution is 2.28. The van der Waals surface area contributed by atoms with E-state index >= 15 is 0 Å². The molecule has 0 saturated carbocycles. The topological polar surface area (TPSA) is 108 Å². The van der Waals surface area contributed by atoms with E-state index < -0.39 is 5.63 Å². The molecule has 1 aromatic carbocycles. The second kappa shape index (κ2) is 6.43. The van der Waals surface area contributed by atoms with Gasteiger partial charge in [-0.2, -0.15) is 15.0 Å². The van der Waals surface area contributed by atoms with E-state index in [1.165, 1.54) is 0 Å². The molecule has 0 bridgehead atoms. The lowest BCUT2D eigenvalue weighted by Gasteiger charge is -1.98. The van der Waals surface area contributed by atoms with Crippen LogP contribution in [-0.2, 0) is 0 Å². The van der Waals surface area contributed by atoms with Crippen LogP contribution in [0.1, 0.15) is 0 Å². The maximum absolute atomic E-state index is 12.1. The van der Waals surface area contributed by atoms with Gasteiger partial charge < -0.3 is 8.83 Å². The summed E-state index contributed by atoms with van der Waals surface area (Å²) in [5.74, 6) is 0.0215. The fourth-order valence-corrected chi connectivity index (χ4v) is 3.09. The number of hydrogen-bond acceptors (Lipinski definition) is 9. The SMILES string of the molecule is O=c1oc2ccccc2cc1-c1nnc(Sc2nc(Cl)nc(Cl)n2)o1. The molecule has 11 heteroatoms. The summed E-state index contributed by atoms with van der Waals surface area (Å²) >= 11 is 12.4. The highest BCUT2D eigenvalue weighted by atomic mass is 35.5. The lowest BCUT2D eigenvalue weighted by Crippen LogP contribution is -2.02.